The molecule has 2 atom stereocenters. The molecule has 0 aromatic heterocycles. The van der Waals surface area contributed by atoms with Crippen molar-refractivity contribution in [3.05, 3.63) is 0 Å². The summed E-state index contributed by atoms with van der Waals surface area (Å²) in [5.74, 6) is -0.266. The van der Waals surface area contributed by atoms with E-state index < -0.39 is 5.54 Å². The molecule has 0 aromatic carbocycles. The molecule has 1 amide bonds. The molecule has 1 saturated carbocycles. The van der Waals surface area contributed by atoms with Crippen molar-refractivity contribution in [3.8, 4) is 0 Å². The summed E-state index contributed by atoms with van der Waals surface area (Å²) in [6.45, 7) is 7.45. The smallest absolute Gasteiger partial charge is 0.237 e. The molecule has 1 aliphatic carbocycles. The average Bonchev–Trinajstić information content (AvgIpc) is 2.74. The minimum absolute atomic E-state index is 0.110. The van der Waals surface area contributed by atoms with Crippen LogP contribution in [0, 0.1) is 0 Å². The van der Waals surface area contributed by atoms with Crippen LogP contribution in [0.4, 0.5) is 0 Å². The number of hydrogen-bond donors (Lipinski definition) is 2. The Kier molecular flexibility index (Phi) is 5.77. The first kappa shape index (κ1) is 16.4. The average molecular weight is 272 g/mol. The molecule has 1 fully saturated rings. The summed E-state index contributed by atoms with van der Waals surface area (Å²) in [6.07, 6.45) is 3.26. The topological polar surface area (TPSA) is 73.6 Å². The Hall–Kier alpha value is -0.650. The number of primary amides is 1. The number of ether oxygens (including phenoxy) is 2. The standard InChI is InChI=1S/C14H28N2O3/c1-5-16-14(12(15)17)7-6-11(10-14)19-9-8-13(2,3)18-4/h11,16H,5-10H2,1-4H3,(H2,15,17). The summed E-state index contributed by atoms with van der Waals surface area (Å²) in [4.78, 5) is 11.6. The molecular formula is C14H28N2O3. The number of carbonyl (C=O) groups is 1. The van der Waals surface area contributed by atoms with Crippen LogP contribution in [0.2, 0.25) is 0 Å². The summed E-state index contributed by atoms with van der Waals surface area (Å²) in [5, 5.41) is 3.23. The van der Waals surface area contributed by atoms with E-state index in [0.717, 1.165) is 25.8 Å². The lowest BCUT2D eigenvalue weighted by Crippen LogP contribution is -2.53. The van der Waals surface area contributed by atoms with Gasteiger partial charge in [0.15, 0.2) is 0 Å². The molecule has 3 N–H and O–H groups in total. The van der Waals surface area contributed by atoms with Crippen molar-refractivity contribution in [2.75, 3.05) is 20.3 Å². The van der Waals surface area contributed by atoms with E-state index in [1.165, 1.54) is 0 Å². The molecule has 0 saturated heterocycles. The van der Waals surface area contributed by atoms with Crippen LogP contribution >= 0.6 is 0 Å². The zero-order valence-corrected chi connectivity index (χ0v) is 12.6. The molecule has 0 radical (unpaired) electrons. The van der Waals surface area contributed by atoms with Crippen molar-refractivity contribution >= 4 is 5.91 Å². The first-order chi connectivity index (χ1) is 8.85. The predicted octanol–water partition coefficient (Wildman–Crippen LogP) is 1.20. The Bertz CT molecular complexity index is 307. The fourth-order valence-corrected chi connectivity index (χ4v) is 2.53. The first-order valence-electron chi connectivity index (χ1n) is 7.07. The van der Waals surface area contributed by atoms with Gasteiger partial charge in [0, 0.05) is 20.1 Å². The molecule has 1 aliphatic rings. The molecule has 2 unspecified atom stereocenters. The van der Waals surface area contributed by atoms with E-state index in [0.29, 0.717) is 13.0 Å². The number of likely N-dealkylation sites (N-methyl/N-ethyl adjacent to an activating group) is 1. The van der Waals surface area contributed by atoms with E-state index in [1.54, 1.807) is 7.11 Å². The largest absolute Gasteiger partial charge is 0.379 e. The maximum absolute atomic E-state index is 11.6. The van der Waals surface area contributed by atoms with Gasteiger partial charge in [-0.25, -0.2) is 0 Å². The highest BCUT2D eigenvalue weighted by molar-refractivity contribution is 5.85. The van der Waals surface area contributed by atoms with Gasteiger partial charge in [0.1, 0.15) is 5.54 Å². The zero-order chi connectivity index (χ0) is 14.5. The quantitative estimate of drug-likeness (QED) is 0.696. The normalized spacial score (nSPS) is 27.7. The van der Waals surface area contributed by atoms with Crippen molar-refractivity contribution in [2.24, 2.45) is 5.73 Å². The second kappa shape index (κ2) is 6.68. The molecule has 0 aliphatic heterocycles. The number of carbonyl (C=O) groups excluding carboxylic acids is 1. The minimum Gasteiger partial charge on any atom is -0.379 e. The van der Waals surface area contributed by atoms with Gasteiger partial charge in [0.05, 0.1) is 11.7 Å². The van der Waals surface area contributed by atoms with Crippen molar-refractivity contribution in [2.45, 2.75) is 63.7 Å². The molecule has 5 nitrogen and oxygen atoms in total. The fraction of sp³-hybridized carbons (Fsp3) is 0.929. The van der Waals surface area contributed by atoms with Crippen molar-refractivity contribution < 1.29 is 14.3 Å². The SMILES string of the molecule is CCNC1(C(N)=O)CCC(OCCC(C)(C)OC)C1. The second-order valence-corrected chi connectivity index (χ2v) is 5.93. The van der Waals surface area contributed by atoms with Crippen LogP contribution in [0.1, 0.15) is 46.5 Å². The van der Waals surface area contributed by atoms with Crippen molar-refractivity contribution in [1.82, 2.24) is 5.32 Å². The van der Waals surface area contributed by atoms with Crippen LogP contribution in [0.25, 0.3) is 0 Å². The maximum atomic E-state index is 11.6. The maximum Gasteiger partial charge on any atom is 0.237 e. The van der Waals surface area contributed by atoms with Crippen LogP contribution in [0.15, 0.2) is 0 Å². The highest BCUT2D eigenvalue weighted by Gasteiger charge is 2.43. The van der Waals surface area contributed by atoms with Crippen LogP contribution in [0.5, 0.6) is 0 Å². The van der Waals surface area contributed by atoms with Gasteiger partial charge >= 0.3 is 0 Å². The van der Waals surface area contributed by atoms with E-state index in [9.17, 15) is 4.79 Å². The lowest BCUT2D eigenvalue weighted by Gasteiger charge is -2.27. The van der Waals surface area contributed by atoms with Gasteiger partial charge in [-0.3, -0.25) is 4.79 Å². The van der Waals surface area contributed by atoms with Crippen LogP contribution < -0.4 is 11.1 Å². The van der Waals surface area contributed by atoms with Crippen LogP contribution in [-0.2, 0) is 14.3 Å². The predicted molar refractivity (Wildman–Crippen MR) is 74.9 cm³/mol. The second-order valence-electron chi connectivity index (χ2n) is 5.93. The number of amides is 1. The van der Waals surface area contributed by atoms with Gasteiger partial charge in [-0.15, -0.1) is 0 Å². The van der Waals surface area contributed by atoms with Gasteiger partial charge in [0.25, 0.3) is 0 Å². The Labute approximate surface area is 116 Å². The third-order valence-corrected chi connectivity index (χ3v) is 4.07. The first-order valence-corrected chi connectivity index (χ1v) is 7.07. The Morgan fingerprint density at radius 3 is 2.74 bits per heavy atom. The van der Waals surface area contributed by atoms with Crippen molar-refractivity contribution in [1.29, 1.82) is 0 Å². The number of nitrogens with one attached hydrogen (secondary N) is 1. The van der Waals surface area contributed by atoms with Gasteiger partial charge < -0.3 is 20.5 Å². The highest BCUT2D eigenvalue weighted by Crippen LogP contribution is 2.32. The van der Waals surface area contributed by atoms with Crippen molar-refractivity contribution in [3.63, 3.8) is 0 Å². The summed E-state index contributed by atoms with van der Waals surface area (Å²) >= 11 is 0. The number of hydrogen-bond acceptors (Lipinski definition) is 4. The van der Waals surface area contributed by atoms with Gasteiger partial charge in [-0.05, 0) is 39.7 Å². The van der Waals surface area contributed by atoms with Gasteiger partial charge in [-0.2, -0.15) is 0 Å². The molecule has 1 rings (SSSR count). The lowest BCUT2D eigenvalue weighted by atomic mass is 9.96. The molecule has 0 heterocycles. The minimum atomic E-state index is -0.573. The molecule has 19 heavy (non-hydrogen) atoms. The Balaban J connectivity index is 2.41. The summed E-state index contributed by atoms with van der Waals surface area (Å²) in [7, 11) is 1.71. The van der Waals surface area contributed by atoms with Gasteiger partial charge in [-0.1, -0.05) is 6.92 Å². The Morgan fingerprint density at radius 2 is 2.21 bits per heavy atom. The van der Waals surface area contributed by atoms with E-state index in [-0.39, 0.29) is 17.6 Å². The molecule has 0 spiro atoms. The zero-order valence-electron chi connectivity index (χ0n) is 12.6. The van der Waals surface area contributed by atoms with E-state index in [1.807, 2.05) is 20.8 Å². The summed E-state index contributed by atoms with van der Waals surface area (Å²) in [5.41, 5.74) is 4.78. The van der Waals surface area contributed by atoms with E-state index in [2.05, 4.69) is 5.32 Å². The molecule has 5 heteroatoms. The molecule has 112 valence electrons. The number of nitrogens with two attached hydrogens (primary N) is 1. The third kappa shape index (κ3) is 4.44. The molecular weight excluding hydrogens is 244 g/mol. The monoisotopic (exact) mass is 272 g/mol. The van der Waals surface area contributed by atoms with Crippen LogP contribution in [0.3, 0.4) is 0 Å². The number of methoxy groups -OCH3 is 1. The van der Waals surface area contributed by atoms with Gasteiger partial charge in [0.2, 0.25) is 5.91 Å². The summed E-state index contributed by atoms with van der Waals surface area (Å²) < 4.78 is 11.2. The lowest BCUT2D eigenvalue weighted by molar-refractivity contribution is -0.124. The Morgan fingerprint density at radius 1 is 1.53 bits per heavy atom. The third-order valence-electron chi connectivity index (χ3n) is 4.07. The number of rotatable bonds is 8. The van der Waals surface area contributed by atoms with E-state index >= 15 is 0 Å². The summed E-state index contributed by atoms with van der Waals surface area (Å²) in [6, 6.07) is 0. The fourth-order valence-electron chi connectivity index (χ4n) is 2.53. The molecule has 0 aromatic rings. The highest BCUT2D eigenvalue weighted by atomic mass is 16.5. The van der Waals surface area contributed by atoms with E-state index in [4.69, 9.17) is 15.2 Å². The molecule has 0 bridgehead atoms. The van der Waals surface area contributed by atoms with Crippen LogP contribution in [-0.4, -0.2) is 43.4 Å².